The molecular weight excluding hydrogens is 328 g/mol. The number of methoxy groups -OCH3 is 1. The van der Waals surface area contributed by atoms with Gasteiger partial charge in [-0.2, -0.15) is 0 Å². The van der Waals surface area contributed by atoms with Crippen LogP contribution in [-0.4, -0.2) is 55.2 Å². The summed E-state index contributed by atoms with van der Waals surface area (Å²) in [5, 5.41) is 10.8. The van der Waals surface area contributed by atoms with Crippen molar-refractivity contribution >= 4 is 28.9 Å². The quantitative estimate of drug-likeness (QED) is 0.921. The zero-order chi connectivity index (χ0) is 17.1. The smallest absolute Gasteiger partial charge is 0.346 e. The summed E-state index contributed by atoms with van der Waals surface area (Å²) < 4.78 is 5.24. The van der Waals surface area contributed by atoms with Crippen molar-refractivity contribution in [3.63, 3.8) is 0 Å². The second-order valence-electron chi connectivity index (χ2n) is 5.45. The summed E-state index contributed by atoms with van der Waals surface area (Å²) in [5.41, 5.74) is 1.34. The van der Waals surface area contributed by atoms with Gasteiger partial charge in [-0.1, -0.05) is 6.07 Å². The monoisotopic (exact) mass is 346 g/mol. The highest BCUT2D eigenvalue weighted by Crippen LogP contribution is 2.24. The molecule has 1 aliphatic rings. The van der Waals surface area contributed by atoms with Gasteiger partial charge in [0.1, 0.15) is 10.6 Å². The van der Waals surface area contributed by atoms with Gasteiger partial charge in [0.2, 0.25) is 0 Å². The molecule has 0 saturated carbocycles. The molecule has 0 unspecified atom stereocenters. The van der Waals surface area contributed by atoms with Gasteiger partial charge in [0.15, 0.2) is 0 Å². The third kappa shape index (κ3) is 3.21. The number of hydrogen-bond acceptors (Lipinski definition) is 5. The average molecular weight is 346 g/mol. The molecule has 2 heterocycles. The van der Waals surface area contributed by atoms with Crippen LogP contribution in [0.15, 0.2) is 35.7 Å². The van der Waals surface area contributed by atoms with Gasteiger partial charge in [-0.15, -0.1) is 11.3 Å². The highest BCUT2D eigenvalue weighted by Gasteiger charge is 2.26. The Morgan fingerprint density at radius 2 is 1.92 bits per heavy atom. The number of rotatable bonds is 4. The predicted molar refractivity (Wildman–Crippen MR) is 92.4 cm³/mol. The maximum Gasteiger partial charge on any atom is 0.346 e. The van der Waals surface area contributed by atoms with E-state index in [2.05, 4.69) is 4.90 Å². The third-order valence-corrected chi connectivity index (χ3v) is 4.98. The van der Waals surface area contributed by atoms with E-state index < -0.39 is 5.97 Å². The van der Waals surface area contributed by atoms with Gasteiger partial charge >= 0.3 is 5.97 Å². The number of hydrogen-bond donors (Lipinski definition) is 1. The van der Waals surface area contributed by atoms with Crippen molar-refractivity contribution in [3.8, 4) is 5.75 Å². The Hall–Kier alpha value is -2.54. The molecule has 0 spiro atoms. The Morgan fingerprint density at radius 1 is 1.17 bits per heavy atom. The van der Waals surface area contributed by atoms with E-state index in [1.165, 1.54) is 0 Å². The van der Waals surface area contributed by atoms with E-state index >= 15 is 0 Å². The number of carboxylic acid groups (broad SMARTS) is 1. The molecule has 0 bridgehead atoms. The van der Waals surface area contributed by atoms with Crippen molar-refractivity contribution in [2.24, 2.45) is 0 Å². The maximum atomic E-state index is 12.6. The SMILES string of the molecule is COc1cccc(N2CCN(C(=O)c3ccsc3C(=O)O)CC2)c1. The van der Waals surface area contributed by atoms with Crippen LogP contribution in [0.2, 0.25) is 0 Å². The molecule has 3 rings (SSSR count). The Labute approximate surface area is 143 Å². The van der Waals surface area contributed by atoms with Crippen LogP contribution in [0.1, 0.15) is 20.0 Å². The van der Waals surface area contributed by atoms with Gasteiger partial charge in [0, 0.05) is 37.9 Å². The van der Waals surface area contributed by atoms with Crippen molar-refractivity contribution in [2.75, 3.05) is 38.2 Å². The van der Waals surface area contributed by atoms with Gasteiger partial charge < -0.3 is 19.6 Å². The van der Waals surface area contributed by atoms with Crippen molar-refractivity contribution in [1.82, 2.24) is 4.90 Å². The molecule has 1 amide bonds. The lowest BCUT2D eigenvalue weighted by atomic mass is 10.2. The van der Waals surface area contributed by atoms with E-state index in [-0.39, 0.29) is 16.3 Å². The second-order valence-corrected chi connectivity index (χ2v) is 6.37. The van der Waals surface area contributed by atoms with E-state index in [4.69, 9.17) is 9.84 Å². The van der Waals surface area contributed by atoms with Crippen LogP contribution in [-0.2, 0) is 0 Å². The standard InChI is InChI=1S/C17H18N2O4S/c1-23-13-4-2-3-12(11-13)18-6-8-19(9-7-18)16(20)14-5-10-24-15(14)17(21)22/h2-5,10-11H,6-9H2,1H3,(H,21,22). The minimum Gasteiger partial charge on any atom is -0.497 e. The molecule has 1 N–H and O–H groups in total. The van der Waals surface area contributed by atoms with Gasteiger partial charge in [-0.3, -0.25) is 4.79 Å². The highest BCUT2D eigenvalue weighted by atomic mass is 32.1. The summed E-state index contributed by atoms with van der Waals surface area (Å²) in [4.78, 5) is 27.8. The molecule has 24 heavy (non-hydrogen) atoms. The number of anilines is 1. The second kappa shape index (κ2) is 6.92. The van der Waals surface area contributed by atoms with Crippen LogP contribution in [0, 0.1) is 0 Å². The summed E-state index contributed by atoms with van der Waals surface area (Å²) in [5.74, 6) is -0.460. The number of benzene rings is 1. The lowest BCUT2D eigenvalue weighted by Gasteiger charge is -2.36. The van der Waals surface area contributed by atoms with Crippen LogP contribution in [0.5, 0.6) is 5.75 Å². The number of aromatic carboxylic acids is 1. The number of carboxylic acids is 1. The van der Waals surface area contributed by atoms with Crippen LogP contribution in [0.3, 0.4) is 0 Å². The number of piperazine rings is 1. The largest absolute Gasteiger partial charge is 0.497 e. The van der Waals surface area contributed by atoms with E-state index in [9.17, 15) is 9.59 Å². The maximum absolute atomic E-state index is 12.6. The summed E-state index contributed by atoms with van der Waals surface area (Å²) >= 11 is 1.08. The minimum atomic E-state index is -1.05. The van der Waals surface area contributed by atoms with Crippen molar-refractivity contribution in [1.29, 1.82) is 0 Å². The number of nitrogens with zero attached hydrogens (tertiary/aromatic N) is 2. The van der Waals surface area contributed by atoms with Gasteiger partial charge in [-0.05, 0) is 23.6 Å². The Kier molecular flexibility index (Phi) is 4.71. The number of amides is 1. The Balaban J connectivity index is 1.67. The van der Waals surface area contributed by atoms with Crippen molar-refractivity contribution < 1.29 is 19.4 Å². The number of carbonyl (C=O) groups is 2. The van der Waals surface area contributed by atoms with Crippen LogP contribution in [0.4, 0.5) is 5.69 Å². The van der Waals surface area contributed by atoms with Crippen LogP contribution >= 0.6 is 11.3 Å². The molecule has 0 radical (unpaired) electrons. The molecule has 1 aromatic heterocycles. The zero-order valence-electron chi connectivity index (χ0n) is 13.3. The molecule has 2 aromatic rings. The van der Waals surface area contributed by atoms with Gasteiger partial charge in [-0.25, -0.2) is 4.79 Å². The normalized spacial score (nSPS) is 14.5. The molecule has 1 saturated heterocycles. The zero-order valence-corrected chi connectivity index (χ0v) is 14.1. The first-order chi connectivity index (χ1) is 11.6. The van der Waals surface area contributed by atoms with Gasteiger partial charge in [0.05, 0.1) is 12.7 Å². The fourth-order valence-corrected chi connectivity index (χ4v) is 3.51. The Bertz CT molecular complexity index is 751. The fraction of sp³-hybridized carbons (Fsp3) is 0.294. The van der Waals surface area contributed by atoms with Crippen LogP contribution < -0.4 is 9.64 Å². The number of carbonyl (C=O) groups excluding carboxylic acids is 1. The first-order valence-corrected chi connectivity index (χ1v) is 8.47. The van der Waals surface area contributed by atoms with E-state index in [1.807, 2.05) is 24.3 Å². The summed E-state index contributed by atoms with van der Waals surface area (Å²) in [6.07, 6.45) is 0. The van der Waals surface area contributed by atoms with E-state index in [0.29, 0.717) is 26.2 Å². The molecule has 1 aromatic carbocycles. The summed E-state index contributed by atoms with van der Waals surface area (Å²) in [6, 6.07) is 9.41. The molecule has 7 heteroatoms. The molecular formula is C17H18N2O4S. The van der Waals surface area contributed by atoms with E-state index in [1.54, 1.807) is 23.5 Å². The predicted octanol–water partition coefficient (Wildman–Crippen LogP) is 2.42. The molecule has 1 fully saturated rings. The molecule has 1 aliphatic heterocycles. The topological polar surface area (TPSA) is 70.1 Å². The van der Waals surface area contributed by atoms with Crippen molar-refractivity contribution in [3.05, 3.63) is 46.2 Å². The molecule has 6 nitrogen and oxygen atoms in total. The minimum absolute atomic E-state index is 0.107. The summed E-state index contributed by atoms with van der Waals surface area (Å²) in [6.45, 7) is 2.52. The number of thiophene rings is 1. The highest BCUT2D eigenvalue weighted by molar-refractivity contribution is 7.12. The average Bonchev–Trinajstić information content (AvgIpc) is 3.11. The van der Waals surface area contributed by atoms with Gasteiger partial charge in [0.25, 0.3) is 5.91 Å². The molecule has 126 valence electrons. The third-order valence-electron chi connectivity index (χ3n) is 4.08. The van der Waals surface area contributed by atoms with Crippen molar-refractivity contribution in [2.45, 2.75) is 0 Å². The fourth-order valence-electron chi connectivity index (χ4n) is 2.79. The first kappa shape index (κ1) is 16.3. The molecule has 0 atom stereocenters. The Morgan fingerprint density at radius 3 is 2.58 bits per heavy atom. The lowest BCUT2D eigenvalue weighted by molar-refractivity contribution is 0.0678. The first-order valence-electron chi connectivity index (χ1n) is 7.59. The van der Waals surface area contributed by atoms with Crippen LogP contribution in [0.25, 0.3) is 0 Å². The van der Waals surface area contributed by atoms with E-state index in [0.717, 1.165) is 22.8 Å². The lowest BCUT2D eigenvalue weighted by Crippen LogP contribution is -2.49. The number of ether oxygens (including phenoxy) is 1. The molecule has 0 aliphatic carbocycles. The summed E-state index contributed by atoms with van der Waals surface area (Å²) in [7, 11) is 1.64.